The Bertz CT molecular complexity index is 720. The van der Waals surface area contributed by atoms with Gasteiger partial charge in [-0.25, -0.2) is 0 Å². The number of rotatable bonds is 4. The van der Waals surface area contributed by atoms with Crippen molar-refractivity contribution in [1.29, 1.82) is 0 Å². The first-order valence-corrected chi connectivity index (χ1v) is 8.37. The first-order chi connectivity index (χ1) is 11.2. The lowest BCUT2D eigenvalue weighted by atomic mass is 9.88. The first kappa shape index (κ1) is 14.4. The summed E-state index contributed by atoms with van der Waals surface area (Å²) >= 11 is 0. The molecule has 0 unspecified atom stereocenters. The number of hydrogen-bond acceptors (Lipinski definition) is 5. The summed E-state index contributed by atoms with van der Waals surface area (Å²) in [6, 6.07) is 0. The third-order valence-corrected chi connectivity index (χ3v) is 4.84. The number of aryl methyl sites for hydroxylation is 1. The Labute approximate surface area is 134 Å². The molecule has 0 radical (unpaired) electrons. The summed E-state index contributed by atoms with van der Waals surface area (Å²) < 4.78 is 5.41. The van der Waals surface area contributed by atoms with Gasteiger partial charge >= 0.3 is 0 Å². The fourth-order valence-corrected chi connectivity index (χ4v) is 3.47. The van der Waals surface area contributed by atoms with E-state index < -0.39 is 0 Å². The molecular formula is C16H21N5O2. The van der Waals surface area contributed by atoms with Crippen LogP contribution in [0.2, 0.25) is 0 Å². The number of H-pyrrole nitrogens is 1. The van der Waals surface area contributed by atoms with Gasteiger partial charge in [0.25, 0.3) is 5.89 Å². The molecule has 0 aromatic carbocycles. The van der Waals surface area contributed by atoms with Crippen LogP contribution >= 0.6 is 0 Å². The molecule has 23 heavy (non-hydrogen) atoms. The Hall–Kier alpha value is -2.18. The Morgan fingerprint density at radius 3 is 3.13 bits per heavy atom. The van der Waals surface area contributed by atoms with Crippen LogP contribution in [0.4, 0.5) is 0 Å². The number of carbonyl (C=O) groups excluding carboxylic acids is 1. The van der Waals surface area contributed by atoms with E-state index in [4.69, 9.17) is 4.52 Å². The average Bonchev–Trinajstić information content (AvgIpc) is 3.24. The molecule has 1 saturated heterocycles. The zero-order valence-corrected chi connectivity index (χ0v) is 13.3. The summed E-state index contributed by atoms with van der Waals surface area (Å²) in [7, 11) is 0. The topological polar surface area (TPSA) is 87.9 Å². The van der Waals surface area contributed by atoms with Crippen molar-refractivity contribution in [1.82, 2.24) is 25.2 Å². The standard InChI is InChI=1S/C16H21N5O2/c1-10-4-5-12-11(9-10)15(19-18-12)16-17-13(20-23-16)6-8-21-7-2-3-14(21)22/h10H,2-9H2,1H3,(H,18,19)/t10-/m1/s1. The molecule has 7 nitrogen and oxygen atoms in total. The van der Waals surface area contributed by atoms with Gasteiger partial charge in [0.2, 0.25) is 5.91 Å². The molecule has 0 bridgehead atoms. The van der Waals surface area contributed by atoms with Crippen LogP contribution in [0.3, 0.4) is 0 Å². The van der Waals surface area contributed by atoms with Gasteiger partial charge in [-0.15, -0.1) is 0 Å². The SMILES string of the molecule is C[C@@H]1CCc2[nH]nc(-c3nc(CCN4CCCC4=O)no3)c2C1. The van der Waals surface area contributed by atoms with E-state index in [2.05, 4.69) is 27.3 Å². The summed E-state index contributed by atoms with van der Waals surface area (Å²) in [5, 5.41) is 11.5. The van der Waals surface area contributed by atoms with Crippen LogP contribution in [0.5, 0.6) is 0 Å². The lowest BCUT2D eigenvalue weighted by Gasteiger charge is -2.17. The summed E-state index contributed by atoms with van der Waals surface area (Å²) in [5.41, 5.74) is 3.21. The molecule has 3 heterocycles. The number of amides is 1. The van der Waals surface area contributed by atoms with E-state index in [9.17, 15) is 4.79 Å². The molecule has 1 N–H and O–H groups in total. The third-order valence-electron chi connectivity index (χ3n) is 4.84. The summed E-state index contributed by atoms with van der Waals surface area (Å²) in [6.45, 7) is 3.76. The number of nitrogens with one attached hydrogen (secondary N) is 1. The quantitative estimate of drug-likeness (QED) is 0.928. The number of hydrogen-bond donors (Lipinski definition) is 1. The van der Waals surface area contributed by atoms with Crippen molar-refractivity contribution < 1.29 is 9.32 Å². The van der Waals surface area contributed by atoms with Crippen molar-refractivity contribution in [2.45, 2.75) is 45.4 Å². The van der Waals surface area contributed by atoms with Gasteiger partial charge in [0.1, 0.15) is 0 Å². The van der Waals surface area contributed by atoms with Gasteiger partial charge in [-0.2, -0.15) is 10.1 Å². The van der Waals surface area contributed by atoms with Crippen molar-refractivity contribution in [3.8, 4) is 11.6 Å². The highest BCUT2D eigenvalue weighted by Gasteiger charge is 2.25. The van der Waals surface area contributed by atoms with Gasteiger partial charge in [0.05, 0.1) is 0 Å². The Morgan fingerprint density at radius 2 is 2.30 bits per heavy atom. The Balaban J connectivity index is 1.48. The van der Waals surface area contributed by atoms with Gasteiger partial charge in [-0.05, 0) is 31.6 Å². The van der Waals surface area contributed by atoms with Gasteiger partial charge < -0.3 is 9.42 Å². The maximum absolute atomic E-state index is 11.6. The number of aromatic amines is 1. The van der Waals surface area contributed by atoms with E-state index >= 15 is 0 Å². The second kappa shape index (κ2) is 5.79. The number of nitrogens with zero attached hydrogens (tertiary/aromatic N) is 4. The smallest absolute Gasteiger partial charge is 0.278 e. The largest absolute Gasteiger partial charge is 0.342 e. The van der Waals surface area contributed by atoms with E-state index in [1.165, 1.54) is 17.7 Å². The number of likely N-dealkylation sites (tertiary alicyclic amines) is 1. The second-order valence-electron chi connectivity index (χ2n) is 6.63. The fraction of sp³-hybridized carbons (Fsp3) is 0.625. The molecular weight excluding hydrogens is 294 g/mol. The molecule has 0 spiro atoms. The van der Waals surface area contributed by atoms with Crippen LogP contribution in [0, 0.1) is 5.92 Å². The van der Waals surface area contributed by atoms with Crippen molar-refractivity contribution >= 4 is 5.91 Å². The van der Waals surface area contributed by atoms with Crippen LogP contribution in [0.25, 0.3) is 11.6 Å². The molecule has 4 rings (SSSR count). The molecule has 2 aromatic rings. The molecule has 2 aromatic heterocycles. The molecule has 1 fully saturated rings. The van der Waals surface area contributed by atoms with E-state index in [0.29, 0.717) is 37.0 Å². The minimum Gasteiger partial charge on any atom is -0.342 e. The molecule has 1 amide bonds. The van der Waals surface area contributed by atoms with Crippen molar-refractivity contribution in [2.75, 3.05) is 13.1 Å². The minimum absolute atomic E-state index is 0.226. The fourth-order valence-electron chi connectivity index (χ4n) is 3.47. The van der Waals surface area contributed by atoms with E-state index in [1.54, 1.807) is 0 Å². The van der Waals surface area contributed by atoms with Crippen LogP contribution in [0.1, 0.15) is 43.3 Å². The lowest BCUT2D eigenvalue weighted by molar-refractivity contribution is -0.127. The highest BCUT2D eigenvalue weighted by atomic mass is 16.5. The molecule has 0 saturated carbocycles. The third kappa shape index (κ3) is 2.75. The Kier molecular flexibility index (Phi) is 3.63. The van der Waals surface area contributed by atoms with Crippen molar-refractivity contribution in [3.63, 3.8) is 0 Å². The van der Waals surface area contributed by atoms with Crippen LogP contribution in [-0.4, -0.2) is 44.2 Å². The van der Waals surface area contributed by atoms with Crippen LogP contribution in [-0.2, 0) is 24.1 Å². The normalized spacial score (nSPS) is 21.0. The monoisotopic (exact) mass is 315 g/mol. The van der Waals surface area contributed by atoms with Crippen molar-refractivity contribution in [2.24, 2.45) is 5.92 Å². The predicted molar refractivity (Wildman–Crippen MR) is 82.6 cm³/mol. The van der Waals surface area contributed by atoms with E-state index in [-0.39, 0.29) is 5.91 Å². The Morgan fingerprint density at radius 1 is 1.39 bits per heavy atom. The van der Waals surface area contributed by atoms with Crippen molar-refractivity contribution in [3.05, 3.63) is 17.1 Å². The molecule has 2 aliphatic rings. The number of fused-ring (bicyclic) bond motifs is 1. The first-order valence-electron chi connectivity index (χ1n) is 8.37. The molecule has 122 valence electrons. The zero-order chi connectivity index (χ0) is 15.8. The van der Waals surface area contributed by atoms with Gasteiger partial charge in [0.15, 0.2) is 11.5 Å². The average molecular weight is 315 g/mol. The molecule has 1 atom stereocenters. The highest BCUT2D eigenvalue weighted by Crippen LogP contribution is 2.31. The van der Waals surface area contributed by atoms with Crippen LogP contribution < -0.4 is 0 Å². The summed E-state index contributed by atoms with van der Waals surface area (Å²) in [6.07, 6.45) is 5.46. The lowest BCUT2D eigenvalue weighted by Crippen LogP contribution is -2.27. The van der Waals surface area contributed by atoms with Crippen LogP contribution in [0.15, 0.2) is 4.52 Å². The maximum atomic E-state index is 11.6. The van der Waals surface area contributed by atoms with Gasteiger partial charge in [-0.3, -0.25) is 9.89 Å². The summed E-state index contributed by atoms with van der Waals surface area (Å²) in [4.78, 5) is 18.0. The minimum atomic E-state index is 0.226. The molecule has 7 heteroatoms. The summed E-state index contributed by atoms with van der Waals surface area (Å²) in [5.74, 6) is 2.01. The zero-order valence-electron chi connectivity index (χ0n) is 13.3. The molecule has 1 aliphatic carbocycles. The predicted octanol–water partition coefficient (Wildman–Crippen LogP) is 1.75. The maximum Gasteiger partial charge on any atom is 0.278 e. The van der Waals surface area contributed by atoms with Gasteiger partial charge in [0, 0.05) is 37.2 Å². The highest BCUT2D eigenvalue weighted by molar-refractivity contribution is 5.78. The number of carbonyl (C=O) groups is 1. The number of aromatic nitrogens is 4. The van der Waals surface area contributed by atoms with E-state index in [1.807, 2.05) is 4.90 Å². The second-order valence-corrected chi connectivity index (χ2v) is 6.63. The van der Waals surface area contributed by atoms with Gasteiger partial charge in [-0.1, -0.05) is 12.1 Å². The molecule has 1 aliphatic heterocycles. The van der Waals surface area contributed by atoms with E-state index in [0.717, 1.165) is 31.5 Å².